The third-order valence-corrected chi connectivity index (χ3v) is 4.86. The van der Waals surface area contributed by atoms with Crippen LogP contribution in [0.2, 0.25) is 0 Å². The smallest absolute Gasteiger partial charge is 0.279 e. The first-order chi connectivity index (χ1) is 9.42. The monoisotopic (exact) mass is 420 g/mol. The highest BCUT2D eigenvalue weighted by Crippen LogP contribution is 2.27. The molecule has 2 N–H and O–H groups in total. The molecule has 0 saturated heterocycles. The van der Waals surface area contributed by atoms with Gasteiger partial charge in [-0.25, -0.2) is 4.98 Å². The number of aliphatic hydroxyl groups excluding tert-OH is 1. The van der Waals surface area contributed by atoms with E-state index in [2.05, 4.69) is 41.6 Å². The second-order valence-corrected chi connectivity index (χ2v) is 7.29. The van der Waals surface area contributed by atoms with Crippen LogP contribution in [-0.2, 0) is 16.6 Å². The minimum atomic E-state index is -3.76. The Morgan fingerprint density at radius 3 is 2.50 bits per heavy atom. The van der Waals surface area contributed by atoms with Gasteiger partial charge in [-0.1, -0.05) is 22.0 Å². The van der Waals surface area contributed by atoms with Gasteiger partial charge in [0.25, 0.3) is 10.0 Å². The lowest BCUT2D eigenvalue weighted by Crippen LogP contribution is -2.14. The van der Waals surface area contributed by atoms with Crippen molar-refractivity contribution in [1.29, 1.82) is 0 Å². The van der Waals surface area contributed by atoms with E-state index in [1.807, 2.05) is 0 Å². The van der Waals surface area contributed by atoms with Gasteiger partial charge in [0.15, 0.2) is 5.03 Å². The number of nitrogens with zero attached hydrogens (tertiary/aromatic N) is 1. The summed E-state index contributed by atoms with van der Waals surface area (Å²) in [5.41, 5.74) is 0.968. The van der Waals surface area contributed by atoms with Gasteiger partial charge in [-0.15, -0.1) is 0 Å². The summed E-state index contributed by atoms with van der Waals surface area (Å²) in [7, 11) is -3.76. The number of sulfonamides is 1. The Hall–Kier alpha value is -0.960. The van der Waals surface area contributed by atoms with Crippen LogP contribution in [0, 0.1) is 0 Å². The standard InChI is InChI=1S/C12H10Br2N2O3S/c13-9-2-3-11(10(14)5-9)16-20(18,19)12-4-1-8(7-17)6-15-12/h1-6,16-17H,7H2. The Balaban J connectivity index is 2.30. The van der Waals surface area contributed by atoms with Gasteiger partial charge in [-0.05, 0) is 45.8 Å². The maximum atomic E-state index is 12.2. The highest BCUT2D eigenvalue weighted by molar-refractivity contribution is 9.11. The Labute approximate surface area is 133 Å². The number of aliphatic hydroxyl groups is 1. The largest absolute Gasteiger partial charge is 0.392 e. The molecule has 0 unspecified atom stereocenters. The highest BCUT2D eigenvalue weighted by Gasteiger charge is 2.17. The zero-order valence-electron chi connectivity index (χ0n) is 10.0. The number of anilines is 1. The summed E-state index contributed by atoms with van der Waals surface area (Å²) in [5, 5.41) is 8.81. The third kappa shape index (κ3) is 3.57. The molecule has 2 rings (SSSR count). The molecule has 8 heteroatoms. The molecule has 1 heterocycles. The molecule has 0 fully saturated rings. The van der Waals surface area contributed by atoms with Gasteiger partial charge in [0.05, 0.1) is 12.3 Å². The number of benzene rings is 1. The quantitative estimate of drug-likeness (QED) is 0.795. The van der Waals surface area contributed by atoms with E-state index in [-0.39, 0.29) is 11.6 Å². The van der Waals surface area contributed by atoms with Crippen molar-refractivity contribution in [2.45, 2.75) is 11.6 Å². The lowest BCUT2D eigenvalue weighted by molar-refractivity contribution is 0.281. The number of hydrogen-bond donors (Lipinski definition) is 2. The average molecular weight is 422 g/mol. The summed E-state index contributed by atoms with van der Waals surface area (Å²) >= 11 is 6.58. The van der Waals surface area contributed by atoms with E-state index < -0.39 is 10.0 Å². The fraction of sp³-hybridized carbons (Fsp3) is 0.0833. The van der Waals surface area contributed by atoms with Crippen LogP contribution in [0.3, 0.4) is 0 Å². The fourth-order valence-electron chi connectivity index (χ4n) is 1.43. The van der Waals surface area contributed by atoms with Crippen LogP contribution in [0.4, 0.5) is 5.69 Å². The minimum absolute atomic E-state index is 0.107. The van der Waals surface area contributed by atoms with Crippen LogP contribution in [0.1, 0.15) is 5.56 Å². The molecule has 1 aromatic heterocycles. The molecule has 20 heavy (non-hydrogen) atoms. The van der Waals surface area contributed by atoms with E-state index in [4.69, 9.17) is 5.11 Å². The fourth-order valence-corrected chi connectivity index (χ4v) is 3.72. The molecular formula is C12H10Br2N2O3S. The summed E-state index contributed by atoms with van der Waals surface area (Å²) < 4.78 is 28.2. The molecule has 5 nitrogen and oxygen atoms in total. The summed E-state index contributed by atoms with van der Waals surface area (Å²) in [6.45, 7) is -0.182. The van der Waals surface area contributed by atoms with E-state index in [9.17, 15) is 8.42 Å². The number of rotatable bonds is 4. The molecule has 2 aromatic rings. The number of hydrogen-bond acceptors (Lipinski definition) is 4. The topological polar surface area (TPSA) is 79.3 Å². The first-order valence-electron chi connectivity index (χ1n) is 5.46. The van der Waals surface area contributed by atoms with Crippen molar-refractivity contribution in [3.05, 3.63) is 51.0 Å². The van der Waals surface area contributed by atoms with Crippen LogP contribution in [0.25, 0.3) is 0 Å². The van der Waals surface area contributed by atoms with E-state index in [0.29, 0.717) is 15.7 Å². The van der Waals surface area contributed by atoms with Crippen LogP contribution in [0.15, 0.2) is 50.5 Å². The van der Waals surface area contributed by atoms with Crippen LogP contribution in [0.5, 0.6) is 0 Å². The van der Waals surface area contributed by atoms with Crippen molar-refractivity contribution in [3.63, 3.8) is 0 Å². The van der Waals surface area contributed by atoms with Crippen LogP contribution >= 0.6 is 31.9 Å². The lowest BCUT2D eigenvalue weighted by Gasteiger charge is -2.09. The van der Waals surface area contributed by atoms with E-state index in [1.165, 1.54) is 18.3 Å². The summed E-state index contributed by atoms with van der Waals surface area (Å²) in [4.78, 5) is 3.83. The van der Waals surface area contributed by atoms with Crippen molar-refractivity contribution in [3.8, 4) is 0 Å². The van der Waals surface area contributed by atoms with E-state index in [1.54, 1.807) is 18.2 Å². The van der Waals surface area contributed by atoms with Gasteiger partial charge in [0.2, 0.25) is 0 Å². The minimum Gasteiger partial charge on any atom is -0.392 e. The number of halogens is 2. The van der Waals surface area contributed by atoms with Gasteiger partial charge in [0, 0.05) is 15.1 Å². The summed E-state index contributed by atoms with van der Waals surface area (Å²) in [6, 6.07) is 7.96. The zero-order chi connectivity index (χ0) is 14.8. The van der Waals surface area contributed by atoms with Gasteiger partial charge < -0.3 is 5.11 Å². The number of nitrogens with one attached hydrogen (secondary N) is 1. The first-order valence-corrected chi connectivity index (χ1v) is 8.53. The molecule has 0 bridgehead atoms. The van der Waals surface area contributed by atoms with Crippen molar-refractivity contribution in [1.82, 2.24) is 4.98 Å². The first kappa shape index (κ1) is 15.4. The van der Waals surface area contributed by atoms with Crippen molar-refractivity contribution in [2.75, 3.05) is 4.72 Å². The molecule has 0 aliphatic heterocycles. The normalized spacial score (nSPS) is 11.3. The highest BCUT2D eigenvalue weighted by atomic mass is 79.9. The average Bonchev–Trinajstić information content (AvgIpc) is 2.42. The molecule has 0 aliphatic rings. The molecule has 1 aromatic carbocycles. The second-order valence-electron chi connectivity index (χ2n) is 3.89. The molecule has 0 spiro atoms. The molecule has 106 valence electrons. The predicted molar refractivity (Wildman–Crippen MR) is 82.8 cm³/mol. The van der Waals surface area contributed by atoms with Crippen molar-refractivity contribution < 1.29 is 13.5 Å². The molecule has 0 radical (unpaired) electrons. The summed E-state index contributed by atoms with van der Waals surface area (Å²) in [6.07, 6.45) is 1.32. The maximum Gasteiger partial charge on any atom is 0.279 e. The van der Waals surface area contributed by atoms with Crippen molar-refractivity contribution >= 4 is 47.6 Å². The van der Waals surface area contributed by atoms with Gasteiger partial charge in [-0.2, -0.15) is 8.42 Å². The number of pyridine rings is 1. The van der Waals surface area contributed by atoms with Crippen LogP contribution in [-0.4, -0.2) is 18.5 Å². The predicted octanol–water partition coefficient (Wildman–Crippen LogP) is 2.90. The molecule has 0 saturated carbocycles. The molecular weight excluding hydrogens is 412 g/mol. The van der Waals surface area contributed by atoms with Gasteiger partial charge in [0.1, 0.15) is 0 Å². The van der Waals surface area contributed by atoms with E-state index in [0.717, 1.165) is 4.47 Å². The molecule has 0 atom stereocenters. The Bertz CT molecular complexity index is 718. The van der Waals surface area contributed by atoms with Gasteiger partial charge in [-0.3, -0.25) is 4.72 Å². The Morgan fingerprint density at radius 1 is 1.20 bits per heavy atom. The SMILES string of the molecule is O=S(=O)(Nc1ccc(Br)cc1Br)c1ccc(CO)cn1. The van der Waals surface area contributed by atoms with Gasteiger partial charge >= 0.3 is 0 Å². The Morgan fingerprint density at radius 2 is 1.95 bits per heavy atom. The van der Waals surface area contributed by atoms with Crippen LogP contribution < -0.4 is 4.72 Å². The van der Waals surface area contributed by atoms with E-state index >= 15 is 0 Å². The number of aromatic nitrogens is 1. The Kier molecular flexibility index (Phi) is 4.79. The zero-order valence-corrected chi connectivity index (χ0v) is 14.0. The maximum absolute atomic E-state index is 12.2. The molecule has 0 amide bonds. The van der Waals surface area contributed by atoms with Crippen molar-refractivity contribution in [2.24, 2.45) is 0 Å². The molecule has 0 aliphatic carbocycles. The third-order valence-electron chi connectivity index (χ3n) is 2.43. The second kappa shape index (κ2) is 6.21. The summed E-state index contributed by atoms with van der Waals surface area (Å²) in [5.74, 6) is 0. The lowest BCUT2D eigenvalue weighted by atomic mass is 10.3.